The molecule has 3 N–H and O–H groups in total. The van der Waals surface area contributed by atoms with Crippen LogP contribution in [0.1, 0.15) is 46.5 Å². The minimum absolute atomic E-state index is 0.0128. The molecule has 0 atom stereocenters. The van der Waals surface area contributed by atoms with Crippen molar-refractivity contribution in [2.45, 2.75) is 52.0 Å². The summed E-state index contributed by atoms with van der Waals surface area (Å²) in [7, 11) is 0. The fourth-order valence-electron chi connectivity index (χ4n) is 3.30. The van der Waals surface area contributed by atoms with E-state index in [4.69, 9.17) is 17.3 Å². The van der Waals surface area contributed by atoms with Gasteiger partial charge in [0.2, 0.25) is 0 Å². The molecule has 21 heavy (non-hydrogen) atoms. The van der Waals surface area contributed by atoms with Crippen molar-refractivity contribution >= 4 is 33.2 Å². The lowest BCUT2D eigenvalue weighted by Gasteiger charge is -2.44. The van der Waals surface area contributed by atoms with Crippen LogP contribution in [0.5, 0.6) is 0 Å². The Bertz CT molecular complexity index is 488. The molecule has 0 bridgehead atoms. The molecule has 1 fully saturated rings. The van der Waals surface area contributed by atoms with Crippen molar-refractivity contribution in [3.05, 3.63) is 27.7 Å². The third-order valence-electron chi connectivity index (χ3n) is 4.89. The standard InChI is InChI=1S/C17H26BrClN2/c1-16(2,3)12-6-8-17(11-20,9-7-12)21-13-4-5-14(18)15(19)10-13/h4-5,10,12,21H,6-9,11,20H2,1-3H3. The summed E-state index contributed by atoms with van der Waals surface area (Å²) in [6.45, 7) is 7.69. The number of halogens is 2. The molecule has 0 aromatic heterocycles. The molecule has 1 saturated carbocycles. The molecule has 2 rings (SSSR count). The van der Waals surface area contributed by atoms with Gasteiger partial charge in [-0.1, -0.05) is 32.4 Å². The molecule has 118 valence electrons. The van der Waals surface area contributed by atoms with Crippen molar-refractivity contribution < 1.29 is 0 Å². The van der Waals surface area contributed by atoms with Gasteiger partial charge in [0.15, 0.2) is 0 Å². The van der Waals surface area contributed by atoms with Crippen LogP contribution in [-0.4, -0.2) is 12.1 Å². The number of hydrogen-bond donors (Lipinski definition) is 2. The highest BCUT2D eigenvalue weighted by Crippen LogP contribution is 2.42. The second-order valence-electron chi connectivity index (χ2n) is 7.38. The van der Waals surface area contributed by atoms with Crippen LogP contribution in [0.25, 0.3) is 0 Å². The van der Waals surface area contributed by atoms with Gasteiger partial charge >= 0.3 is 0 Å². The van der Waals surface area contributed by atoms with E-state index in [0.29, 0.717) is 12.0 Å². The van der Waals surface area contributed by atoms with Crippen molar-refractivity contribution in [2.24, 2.45) is 17.1 Å². The molecular formula is C17H26BrClN2. The number of nitrogens with one attached hydrogen (secondary N) is 1. The summed E-state index contributed by atoms with van der Waals surface area (Å²) in [4.78, 5) is 0. The minimum Gasteiger partial charge on any atom is -0.378 e. The highest BCUT2D eigenvalue weighted by Gasteiger charge is 2.37. The van der Waals surface area contributed by atoms with Crippen LogP contribution in [0.15, 0.2) is 22.7 Å². The number of rotatable bonds is 3. The van der Waals surface area contributed by atoms with Gasteiger partial charge in [-0.15, -0.1) is 0 Å². The topological polar surface area (TPSA) is 38.0 Å². The smallest absolute Gasteiger partial charge is 0.0568 e. The summed E-state index contributed by atoms with van der Waals surface area (Å²) in [6.07, 6.45) is 4.72. The third kappa shape index (κ3) is 4.14. The molecule has 2 nitrogen and oxygen atoms in total. The van der Waals surface area contributed by atoms with E-state index < -0.39 is 0 Å². The van der Waals surface area contributed by atoms with Gasteiger partial charge in [0.05, 0.1) is 5.02 Å². The second-order valence-corrected chi connectivity index (χ2v) is 8.64. The number of nitrogens with two attached hydrogens (primary N) is 1. The van der Waals surface area contributed by atoms with E-state index in [0.717, 1.165) is 33.9 Å². The van der Waals surface area contributed by atoms with E-state index in [1.807, 2.05) is 12.1 Å². The maximum Gasteiger partial charge on any atom is 0.0568 e. The predicted octanol–water partition coefficient (Wildman–Crippen LogP) is 5.45. The second kappa shape index (κ2) is 6.47. The van der Waals surface area contributed by atoms with Crippen molar-refractivity contribution in [3.8, 4) is 0 Å². The Balaban J connectivity index is 2.08. The van der Waals surface area contributed by atoms with Gasteiger partial charge in [0, 0.05) is 22.2 Å². The van der Waals surface area contributed by atoms with E-state index in [1.54, 1.807) is 0 Å². The zero-order valence-electron chi connectivity index (χ0n) is 13.2. The Morgan fingerprint density at radius 2 is 1.95 bits per heavy atom. The highest BCUT2D eigenvalue weighted by molar-refractivity contribution is 9.10. The largest absolute Gasteiger partial charge is 0.378 e. The maximum absolute atomic E-state index is 6.18. The van der Waals surface area contributed by atoms with Gasteiger partial charge < -0.3 is 11.1 Å². The van der Waals surface area contributed by atoms with Gasteiger partial charge in [0.1, 0.15) is 0 Å². The molecular weight excluding hydrogens is 348 g/mol. The Morgan fingerprint density at radius 3 is 2.43 bits per heavy atom. The van der Waals surface area contributed by atoms with Gasteiger partial charge in [0.25, 0.3) is 0 Å². The summed E-state index contributed by atoms with van der Waals surface area (Å²) >= 11 is 9.62. The number of benzene rings is 1. The van der Waals surface area contributed by atoms with E-state index in [1.165, 1.54) is 12.8 Å². The summed E-state index contributed by atoms with van der Waals surface area (Å²) in [5, 5.41) is 4.39. The van der Waals surface area contributed by atoms with Crippen LogP contribution in [-0.2, 0) is 0 Å². The van der Waals surface area contributed by atoms with Gasteiger partial charge in [-0.25, -0.2) is 0 Å². The molecule has 0 aliphatic heterocycles. The molecule has 0 heterocycles. The quantitative estimate of drug-likeness (QED) is 0.739. The van der Waals surface area contributed by atoms with Crippen LogP contribution in [0.3, 0.4) is 0 Å². The van der Waals surface area contributed by atoms with Crippen molar-refractivity contribution in [1.82, 2.24) is 0 Å². The molecule has 1 aromatic carbocycles. The molecule has 0 spiro atoms. The fourth-order valence-corrected chi connectivity index (χ4v) is 3.72. The molecule has 0 radical (unpaired) electrons. The monoisotopic (exact) mass is 372 g/mol. The first-order valence-corrected chi connectivity index (χ1v) is 8.86. The fraction of sp³-hybridized carbons (Fsp3) is 0.647. The van der Waals surface area contributed by atoms with E-state index in [9.17, 15) is 0 Å². The van der Waals surface area contributed by atoms with Gasteiger partial charge in [-0.3, -0.25) is 0 Å². The summed E-state index contributed by atoms with van der Waals surface area (Å²) < 4.78 is 0.924. The normalized spacial score (nSPS) is 26.7. The van der Waals surface area contributed by atoms with Gasteiger partial charge in [-0.2, -0.15) is 0 Å². The molecule has 1 aliphatic carbocycles. The zero-order valence-corrected chi connectivity index (χ0v) is 15.5. The average Bonchev–Trinajstić information content (AvgIpc) is 2.42. The first-order chi connectivity index (χ1) is 9.76. The lowest BCUT2D eigenvalue weighted by molar-refractivity contribution is 0.145. The predicted molar refractivity (Wildman–Crippen MR) is 96.0 cm³/mol. The minimum atomic E-state index is 0.0128. The summed E-state index contributed by atoms with van der Waals surface area (Å²) in [6, 6.07) is 6.01. The molecule has 4 heteroatoms. The first kappa shape index (κ1) is 17.1. The van der Waals surface area contributed by atoms with Crippen LogP contribution >= 0.6 is 27.5 Å². The van der Waals surface area contributed by atoms with E-state index in [2.05, 4.69) is 48.1 Å². The summed E-state index contributed by atoms with van der Waals surface area (Å²) in [5.41, 5.74) is 7.57. The highest BCUT2D eigenvalue weighted by atomic mass is 79.9. The summed E-state index contributed by atoms with van der Waals surface area (Å²) in [5.74, 6) is 0.785. The molecule has 0 saturated heterocycles. The van der Waals surface area contributed by atoms with Crippen molar-refractivity contribution in [2.75, 3.05) is 11.9 Å². The SMILES string of the molecule is CC(C)(C)C1CCC(CN)(Nc2ccc(Br)c(Cl)c2)CC1. The van der Waals surface area contributed by atoms with Crippen LogP contribution in [0, 0.1) is 11.3 Å². The van der Waals surface area contributed by atoms with E-state index >= 15 is 0 Å². The molecule has 0 unspecified atom stereocenters. The van der Waals surface area contributed by atoms with Crippen molar-refractivity contribution in [1.29, 1.82) is 0 Å². The Hall–Kier alpha value is -0.250. The van der Waals surface area contributed by atoms with Crippen molar-refractivity contribution in [3.63, 3.8) is 0 Å². The Kier molecular flexibility index (Phi) is 5.27. The number of anilines is 1. The number of hydrogen-bond acceptors (Lipinski definition) is 2. The first-order valence-electron chi connectivity index (χ1n) is 7.69. The molecule has 0 amide bonds. The van der Waals surface area contributed by atoms with Gasteiger partial charge in [-0.05, 0) is 71.1 Å². The van der Waals surface area contributed by atoms with Crippen LogP contribution in [0.2, 0.25) is 5.02 Å². The third-order valence-corrected chi connectivity index (χ3v) is 6.12. The zero-order chi connectivity index (χ0) is 15.7. The van der Waals surface area contributed by atoms with E-state index in [-0.39, 0.29) is 5.54 Å². The molecule has 1 aliphatic rings. The Morgan fingerprint density at radius 1 is 1.33 bits per heavy atom. The van der Waals surface area contributed by atoms with Crippen LogP contribution in [0.4, 0.5) is 5.69 Å². The average molecular weight is 374 g/mol. The lowest BCUT2D eigenvalue weighted by atomic mass is 9.67. The Labute approximate surface area is 142 Å². The lowest BCUT2D eigenvalue weighted by Crippen LogP contribution is -2.49. The van der Waals surface area contributed by atoms with Crippen LogP contribution < -0.4 is 11.1 Å². The molecule has 1 aromatic rings. The maximum atomic E-state index is 6.18.